The number of fused-ring (bicyclic) bond motifs is 1. The van der Waals surface area contributed by atoms with Gasteiger partial charge < -0.3 is 4.90 Å². The van der Waals surface area contributed by atoms with Crippen molar-refractivity contribution in [3.63, 3.8) is 0 Å². The van der Waals surface area contributed by atoms with Crippen LogP contribution in [0.1, 0.15) is 22.1 Å². The number of hydrogen-bond donors (Lipinski definition) is 1. The third-order valence-corrected chi connectivity index (χ3v) is 3.19. The van der Waals surface area contributed by atoms with E-state index in [9.17, 15) is 4.79 Å². The molecule has 0 unspecified atom stereocenters. The van der Waals surface area contributed by atoms with Crippen LogP contribution in [0.2, 0.25) is 0 Å². The maximum absolute atomic E-state index is 12.4. The summed E-state index contributed by atoms with van der Waals surface area (Å²) in [5, 5.41) is 7.81. The highest BCUT2D eigenvalue weighted by Crippen LogP contribution is 2.13. The summed E-state index contributed by atoms with van der Waals surface area (Å²) in [6, 6.07) is 11.4. The minimum Gasteiger partial charge on any atom is -0.333 e. The number of para-hydroxylation sites is 1. The molecule has 0 spiro atoms. The lowest BCUT2D eigenvalue weighted by Gasteiger charge is -2.14. The van der Waals surface area contributed by atoms with Gasteiger partial charge in [-0.3, -0.25) is 9.89 Å². The second-order valence-corrected chi connectivity index (χ2v) is 4.89. The third-order valence-electron chi connectivity index (χ3n) is 3.19. The Labute approximate surface area is 121 Å². The molecule has 106 valence electrons. The molecule has 0 aliphatic rings. The van der Waals surface area contributed by atoms with Crippen LogP contribution in [0.5, 0.6) is 0 Å². The summed E-state index contributed by atoms with van der Waals surface area (Å²) >= 11 is 0. The first kappa shape index (κ1) is 13.2. The molecule has 0 saturated carbocycles. The molecule has 2 heterocycles. The van der Waals surface area contributed by atoms with Crippen molar-refractivity contribution < 1.29 is 4.79 Å². The first-order valence-corrected chi connectivity index (χ1v) is 6.62. The molecule has 0 radical (unpaired) electrons. The van der Waals surface area contributed by atoms with E-state index in [0.717, 1.165) is 16.7 Å². The van der Waals surface area contributed by atoms with Crippen molar-refractivity contribution >= 4 is 16.8 Å². The Kier molecular flexibility index (Phi) is 3.35. The molecule has 0 atom stereocenters. The highest BCUT2D eigenvalue weighted by Gasteiger charge is 2.15. The molecule has 0 saturated heterocycles. The number of aromatic amines is 1. The fourth-order valence-corrected chi connectivity index (χ4v) is 2.12. The van der Waals surface area contributed by atoms with Crippen molar-refractivity contribution in [2.45, 2.75) is 13.5 Å². The number of aromatic nitrogens is 4. The molecular weight excluding hydrogens is 266 g/mol. The fourth-order valence-electron chi connectivity index (χ4n) is 2.12. The number of nitrogens with zero attached hydrogens (tertiary/aromatic N) is 4. The monoisotopic (exact) mass is 281 g/mol. The summed E-state index contributed by atoms with van der Waals surface area (Å²) in [4.78, 5) is 22.6. The van der Waals surface area contributed by atoms with E-state index in [0.29, 0.717) is 18.1 Å². The van der Waals surface area contributed by atoms with Crippen LogP contribution in [0, 0.1) is 6.92 Å². The summed E-state index contributed by atoms with van der Waals surface area (Å²) in [7, 11) is 1.71. The van der Waals surface area contributed by atoms with Crippen LogP contribution in [0.25, 0.3) is 10.9 Å². The molecular formula is C15H15N5O. The Bertz CT molecular complexity index is 795. The molecule has 2 aromatic heterocycles. The van der Waals surface area contributed by atoms with Crippen LogP contribution in [-0.2, 0) is 6.54 Å². The molecule has 3 aromatic rings. The van der Waals surface area contributed by atoms with Crippen LogP contribution < -0.4 is 0 Å². The molecule has 6 heteroatoms. The molecule has 1 aromatic carbocycles. The van der Waals surface area contributed by atoms with Gasteiger partial charge in [-0.1, -0.05) is 24.3 Å². The normalized spacial score (nSPS) is 10.8. The molecule has 6 nitrogen and oxygen atoms in total. The standard InChI is InChI=1S/C15H15N5O/c1-10-16-14(19-18-10)9-20(2)15(21)13-8-7-11-5-3-4-6-12(11)17-13/h3-8H,9H2,1-2H3,(H,16,18,19). The molecule has 0 fully saturated rings. The van der Waals surface area contributed by atoms with Gasteiger partial charge in [0.15, 0.2) is 5.82 Å². The molecule has 0 bridgehead atoms. The van der Waals surface area contributed by atoms with Crippen molar-refractivity contribution in [2.24, 2.45) is 0 Å². The van der Waals surface area contributed by atoms with Gasteiger partial charge in [-0.25, -0.2) is 9.97 Å². The van der Waals surface area contributed by atoms with E-state index in [2.05, 4.69) is 20.2 Å². The van der Waals surface area contributed by atoms with Gasteiger partial charge in [0.1, 0.15) is 11.5 Å². The van der Waals surface area contributed by atoms with Crippen molar-refractivity contribution in [1.29, 1.82) is 0 Å². The highest BCUT2D eigenvalue weighted by molar-refractivity contribution is 5.94. The summed E-state index contributed by atoms with van der Waals surface area (Å²) in [6.07, 6.45) is 0. The van der Waals surface area contributed by atoms with E-state index in [1.54, 1.807) is 18.0 Å². The van der Waals surface area contributed by atoms with Crippen LogP contribution in [0.15, 0.2) is 36.4 Å². The van der Waals surface area contributed by atoms with Crippen LogP contribution in [0.3, 0.4) is 0 Å². The predicted octanol–water partition coefficient (Wildman–Crippen LogP) is 1.93. The molecule has 0 aliphatic heterocycles. The van der Waals surface area contributed by atoms with E-state index in [1.807, 2.05) is 37.3 Å². The second kappa shape index (κ2) is 5.32. The first-order chi connectivity index (χ1) is 10.1. The summed E-state index contributed by atoms with van der Waals surface area (Å²) < 4.78 is 0. The molecule has 3 rings (SSSR count). The summed E-state index contributed by atoms with van der Waals surface area (Å²) in [5.74, 6) is 1.17. The number of nitrogens with one attached hydrogen (secondary N) is 1. The maximum atomic E-state index is 12.4. The van der Waals surface area contributed by atoms with Crippen LogP contribution >= 0.6 is 0 Å². The number of benzene rings is 1. The van der Waals surface area contributed by atoms with Crippen molar-refractivity contribution in [2.75, 3.05) is 7.05 Å². The van der Waals surface area contributed by atoms with E-state index < -0.39 is 0 Å². The largest absolute Gasteiger partial charge is 0.333 e. The maximum Gasteiger partial charge on any atom is 0.272 e. The zero-order valence-corrected chi connectivity index (χ0v) is 11.9. The van der Waals surface area contributed by atoms with E-state index in [4.69, 9.17) is 0 Å². The Morgan fingerprint density at radius 2 is 2.00 bits per heavy atom. The number of amides is 1. The average molecular weight is 281 g/mol. The zero-order valence-electron chi connectivity index (χ0n) is 11.9. The minimum absolute atomic E-state index is 0.150. The number of hydrogen-bond acceptors (Lipinski definition) is 4. The van der Waals surface area contributed by atoms with Gasteiger partial charge in [0.2, 0.25) is 0 Å². The lowest BCUT2D eigenvalue weighted by molar-refractivity contribution is 0.0776. The van der Waals surface area contributed by atoms with Gasteiger partial charge in [-0.2, -0.15) is 5.10 Å². The van der Waals surface area contributed by atoms with Gasteiger partial charge in [-0.05, 0) is 19.1 Å². The highest BCUT2D eigenvalue weighted by atomic mass is 16.2. The quantitative estimate of drug-likeness (QED) is 0.796. The van der Waals surface area contributed by atoms with Crippen LogP contribution in [0.4, 0.5) is 0 Å². The van der Waals surface area contributed by atoms with E-state index >= 15 is 0 Å². The summed E-state index contributed by atoms with van der Waals surface area (Å²) in [6.45, 7) is 2.17. The van der Waals surface area contributed by atoms with Gasteiger partial charge in [0.25, 0.3) is 5.91 Å². The second-order valence-electron chi connectivity index (χ2n) is 4.89. The summed E-state index contributed by atoms with van der Waals surface area (Å²) in [5.41, 5.74) is 1.23. The van der Waals surface area contributed by atoms with Gasteiger partial charge >= 0.3 is 0 Å². The average Bonchev–Trinajstić information content (AvgIpc) is 2.91. The van der Waals surface area contributed by atoms with Gasteiger partial charge in [0, 0.05) is 12.4 Å². The molecule has 1 N–H and O–H groups in total. The topological polar surface area (TPSA) is 74.8 Å². The SMILES string of the molecule is Cc1nc(CN(C)C(=O)c2ccc3ccccc3n2)n[nH]1. The lowest BCUT2D eigenvalue weighted by Crippen LogP contribution is -2.27. The number of pyridine rings is 1. The number of carbonyl (C=O) groups is 1. The number of H-pyrrole nitrogens is 1. The van der Waals surface area contributed by atoms with Gasteiger partial charge in [-0.15, -0.1) is 0 Å². The Morgan fingerprint density at radius 3 is 2.76 bits per heavy atom. The third kappa shape index (κ3) is 2.74. The van der Waals surface area contributed by atoms with Crippen molar-refractivity contribution in [3.05, 3.63) is 53.7 Å². The minimum atomic E-state index is -0.150. The lowest BCUT2D eigenvalue weighted by atomic mass is 10.2. The zero-order chi connectivity index (χ0) is 14.8. The van der Waals surface area contributed by atoms with E-state index in [1.165, 1.54) is 0 Å². The van der Waals surface area contributed by atoms with Crippen molar-refractivity contribution in [3.8, 4) is 0 Å². The Hall–Kier alpha value is -2.76. The van der Waals surface area contributed by atoms with Gasteiger partial charge in [0.05, 0.1) is 12.1 Å². The Morgan fingerprint density at radius 1 is 1.19 bits per heavy atom. The molecule has 0 aliphatic carbocycles. The van der Waals surface area contributed by atoms with E-state index in [-0.39, 0.29) is 5.91 Å². The number of carbonyl (C=O) groups excluding carboxylic acids is 1. The molecule has 21 heavy (non-hydrogen) atoms. The van der Waals surface area contributed by atoms with Crippen molar-refractivity contribution in [1.82, 2.24) is 25.1 Å². The number of aryl methyl sites for hydroxylation is 1. The fraction of sp³-hybridized carbons (Fsp3) is 0.200. The first-order valence-electron chi connectivity index (χ1n) is 6.62. The predicted molar refractivity (Wildman–Crippen MR) is 78.7 cm³/mol. The number of rotatable bonds is 3. The van der Waals surface area contributed by atoms with Crippen LogP contribution in [-0.4, -0.2) is 38.0 Å². The molecule has 1 amide bonds. The smallest absolute Gasteiger partial charge is 0.272 e. The Balaban J connectivity index is 1.82.